The molecule has 0 amide bonds. The average Bonchev–Trinajstić information content (AvgIpc) is 2.22. The monoisotopic (exact) mass is 304 g/mol. The molecule has 0 aliphatic carbocycles. The van der Waals surface area contributed by atoms with Crippen molar-refractivity contribution in [3.63, 3.8) is 0 Å². The average molecular weight is 305 g/mol. The van der Waals surface area contributed by atoms with Crippen LogP contribution in [0.1, 0.15) is 0 Å². The lowest BCUT2D eigenvalue weighted by Gasteiger charge is -2.07. The van der Waals surface area contributed by atoms with E-state index in [9.17, 15) is 4.79 Å². The van der Waals surface area contributed by atoms with Crippen molar-refractivity contribution < 1.29 is 4.79 Å². The van der Waals surface area contributed by atoms with Crippen LogP contribution in [0.4, 0.5) is 0 Å². The molecular formula is C11H17BrN2OS. The summed E-state index contributed by atoms with van der Waals surface area (Å²) in [5, 5.41) is 0.132. The fourth-order valence-electron chi connectivity index (χ4n) is 0.842. The Balaban J connectivity index is 4.17. The van der Waals surface area contributed by atoms with E-state index in [2.05, 4.69) is 22.5 Å². The molecule has 0 aromatic rings. The van der Waals surface area contributed by atoms with E-state index in [1.165, 1.54) is 18.0 Å². The number of carbonyl (C=O) groups excluding carboxylic acids is 1. The molecule has 3 nitrogen and oxygen atoms in total. The molecule has 0 heterocycles. The number of likely N-dealkylation sites (N-methyl/N-ethyl adjacent to an activating group) is 1. The number of rotatable bonds is 6. The molecule has 0 saturated heterocycles. The van der Waals surface area contributed by atoms with E-state index in [0.717, 1.165) is 10.1 Å². The predicted octanol–water partition coefficient (Wildman–Crippen LogP) is 2.12. The van der Waals surface area contributed by atoms with Crippen molar-refractivity contribution in [3.8, 4) is 0 Å². The number of thioether (sulfide) groups is 1. The van der Waals surface area contributed by atoms with Crippen molar-refractivity contribution in [2.75, 3.05) is 26.4 Å². The highest BCUT2D eigenvalue weighted by Crippen LogP contribution is 2.15. The summed E-state index contributed by atoms with van der Waals surface area (Å²) in [6.45, 7) is 4.06. The number of carbonyl (C=O) groups is 1. The molecule has 0 saturated carbocycles. The number of halogens is 1. The third-order valence-corrected chi connectivity index (χ3v) is 3.06. The minimum Gasteiger partial charge on any atom is -0.404 e. The van der Waals surface area contributed by atoms with Gasteiger partial charge in [-0.2, -0.15) is 0 Å². The molecule has 0 aromatic carbocycles. The van der Waals surface area contributed by atoms with E-state index in [0.29, 0.717) is 12.3 Å². The van der Waals surface area contributed by atoms with E-state index in [1.807, 2.05) is 25.1 Å². The van der Waals surface area contributed by atoms with E-state index in [1.54, 1.807) is 6.08 Å². The minimum absolute atomic E-state index is 0.132. The van der Waals surface area contributed by atoms with Gasteiger partial charge in [0.15, 0.2) is 0 Å². The summed E-state index contributed by atoms with van der Waals surface area (Å²) in [4.78, 5) is 13.3. The normalized spacial score (nSPS) is 13.0. The van der Waals surface area contributed by atoms with E-state index in [4.69, 9.17) is 5.73 Å². The van der Waals surface area contributed by atoms with Gasteiger partial charge in [-0.1, -0.05) is 40.3 Å². The van der Waals surface area contributed by atoms with Gasteiger partial charge in [0.1, 0.15) is 0 Å². The molecule has 0 aromatic heterocycles. The molecule has 0 fully saturated rings. The van der Waals surface area contributed by atoms with Gasteiger partial charge in [0, 0.05) is 10.2 Å². The van der Waals surface area contributed by atoms with Crippen LogP contribution in [-0.2, 0) is 4.79 Å². The van der Waals surface area contributed by atoms with Crippen LogP contribution in [0, 0.1) is 0 Å². The predicted molar refractivity (Wildman–Crippen MR) is 75.5 cm³/mol. The molecule has 0 atom stereocenters. The van der Waals surface area contributed by atoms with Gasteiger partial charge in [-0.3, -0.25) is 4.79 Å². The van der Waals surface area contributed by atoms with Gasteiger partial charge in [-0.05, 0) is 31.9 Å². The zero-order valence-electron chi connectivity index (χ0n) is 9.57. The number of nitrogens with two attached hydrogens (primary N) is 1. The van der Waals surface area contributed by atoms with Gasteiger partial charge in [0.25, 0.3) is 0 Å². The van der Waals surface area contributed by atoms with Gasteiger partial charge in [-0.15, -0.1) is 0 Å². The summed E-state index contributed by atoms with van der Waals surface area (Å²) >= 11 is 4.57. The summed E-state index contributed by atoms with van der Waals surface area (Å²) < 4.78 is 0.852. The minimum atomic E-state index is 0.132. The molecule has 0 unspecified atom stereocenters. The summed E-state index contributed by atoms with van der Waals surface area (Å²) in [6, 6.07) is 0. The van der Waals surface area contributed by atoms with Gasteiger partial charge < -0.3 is 10.6 Å². The molecule has 0 rings (SSSR count). The summed E-state index contributed by atoms with van der Waals surface area (Å²) in [6.07, 6.45) is 5.03. The molecule has 16 heavy (non-hydrogen) atoms. The Morgan fingerprint density at radius 2 is 2.19 bits per heavy atom. The van der Waals surface area contributed by atoms with E-state index < -0.39 is 0 Å². The van der Waals surface area contributed by atoms with Crippen molar-refractivity contribution in [3.05, 3.63) is 35.0 Å². The molecular weight excluding hydrogens is 288 g/mol. The van der Waals surface area contributed by atoms with E-state index in [-0.39, 0.29) is 5.12 Å². The smallest absolute Gasteiger partial charge is 0.203 e. The largest absolute Gasteiger partial charge is 0.404 e. The molecule has 5 heteroatoms. The van der Waals surface area contributed by atoms with Crippen LogP contribution in [0.2, 0.25) is 0 Å². The SMILES string of the molecule is C=C/C(Br)=C\C(=C/N)CSC(=O)CN(C)C. The molecule has 0 radical (unpaired) electrons. The maximum absolute atomic E-state index is 11.4. The molecule has 90 valence electrons. The van der Waals surface area contributed by atoms with E-state index >= 15 is 0 Å². The first-order chi connectivity index (χ1) is 7.49. The Kier molecular flexibility index (Phi) is 8.33. The molecule has 0 bridgehead atoms. The highest BCUT2D eigenvalue weighted by Gasteiger charge is 2.05. The first-order valence-corrected chi connectivity index (χ1v) is 6.48. The van der Waals surface area contributed by atoms with Crippen LogP contribution in [0.25, 0.3) is 0 Å². The Hall–Kier alpha value is -0.520. The van der Waals surface area contributed by atoms with Crippen LogP contribution in [0.3, 0.4) is 0 Å². The lowest BCUT2D eigenvalue weighted by Crippen LogP contribution is -2.19. The van der Waals surface area contributed by atoms with Crippen LogP contribution < -0.4 is 5.73 Å². The Morgan fingerprint density at radius 3 is 2.62 bits per heavy atom. The Bertz CT molecular complexity index is 311. The number of allylic oxidation sites excluding steroid dienone is 3. The fraction of sp³-hybridized carbons (Fsp3) is 0.364. The standard InChI is InChI=1S/C11H17BrN2OS/c1-4-10(12)5-9(6-13)8-16-11(15)7-14(2)3/h4-6H,1,7-8,13H2,2-3H3/b9-6+,10-5+. The van der Waals surface area contributed by atoms with Crippen molar-refractivity contribution >= 4 is 32.8 Å². The van der Waals surface area contributed by atoms with Gasteiger partial charge >= 0.3 is 0 Å². The van der Waals surface area contributed by atoms with Crippen molar-refractivity contribution in [2.24, 2.45) is 5.73 Å². The second-order valence-electron chi connectivity index (χ2n) is 3.37. The van der Waals surface area contributed by atoms with Gasteiger partial charge in [0.2, 0.25) is 5.12 Å². The zero-order chi connectivity index (χ0) is 12.6. The third-order valence-electron chi connectivity index (χ3n) is 1.58. The molecule has 0 aliphatic rings. The topological polar surface area (TPSA) is 46.3 Å². The molecule has 0 aliphatic heterocycles. The highest BCUT2D eigenvalue weighted by atomic mass is 79.9. The van der Waals surface area contributed by atoms with Gasteiger partial charge in [0.05, 0.1) is 6.54 Å². The van der Waals surface area contributed by atoms with Crippen LogP contribution >= 0.6 is 27.7 Å². The summed E-state index contributed by atoms with van der Waals surface area (Å²) in [5.41, 5.74) is 6.36. The van der Waals surface area contributed by atoms with Crippen LogP contribution in [-0.4, -0.2) is 36.4 Å². The Morgan fingerprint density at radius 1 is 1.56 bits per heavy atom. The first kappa shape index (κ1) is 15.5. The Labute approximate surface area is 110 Å². The first-order valence-electron chi connectivity index (χ1n) is 4.70. The summed E-state index contributed by atoms with van der Waals surface area (Å²) in [7, 11) is 3.73. The van der Waals surface area contributed by atoms with Crippen LogP contribution in [0.15, 0.2) is 35.0 Å². The number of nitrogens with zero attached hydrogens (tertiary/aromatic N) is 1. The third kappa shape index (κ3) is 7.73. The van der Waals surface area contributed by atoms with Crippen molar-refractivity contribution in [2.45, 2.75) is 0 Å². The lowest BCUT2D eigenvalue weighted by atomic mass is 10.3. The lowest BCUT2D eigenvalue weighted by molar-refractivity contribution is -0.111. The highest BCUT2D eigenvalue weighted by molar-refractivity contribution is 9.11. The van der Waals surface area contributed by atoms with Crippen LogP contribution in [0.5, 0.6) is 0 Å². The number of hydrogen-bond acceptors (Lipinski definition) is 4. The molecule has 0 spiro atoms. The fourth-order valence-corrected chi connectivity index (χ4v) is 1.99. The van der Waals surface area contributed by atoms with Crippen molar-refractivity contribution in [1.82, 2.24) is 4.90 Å². The second-order valence-corrected chi connectivity index (χ2v) is 5.32. The summed E-state index contributed by atoms with van der Waals surface area (Å²) in [5.74, 6) is 0.576. The second kappa shape index (κ2) is 8.61. The maximum atomic E-state index is 11.4. The maximum Gasteiger partial charge on any atom is 0.203 e. The van der Waals surface area contributed by atoms with Gasteiger partial charge in [-0.25, -0.2) is 0 Å². The molecule has 2 N–H and O–H groups in total. The van der Waals surface area contributed by atoms with Crippen molar-refractivity contribution in [1.29, 1.82) is 0 Å². The number of hydrogen-bond donors (Lipinski definition) is 1. The zero-order valence-corrected chi connectivity index (χ0v) is 12.0. The quantitative estimate of drug-likeness (QED) is 0.764.